The van der Waals surface area contributed by atoms with Gasteiger partial charge in [0.15, 0.2) is 0 Å². The summed E-state index contributed by atoms with van der Waals surface area (Å²) < 4.78 is 2.42. The van der Waals surface area contributed by atoms with Gasteiger partial charge in [-0.15, -0.1) is 0 Å². The Kier molecular flexibility index (Phi) is 7.63. The minimum absolute atomic E-state index is 0.138. The van der Waals surface area contributed by atoms with E-state index in [1.807, 2.05) is 0 Å². The average molecular weight is 781 g/mol. The monoisotopic (exact) mass is 780 g/mol. The largest absolute Gasteiger partial charge is 0.309 e. The van der Waals surface area contributed by atoms with Gasteiger partial charge in [0.1, 0.15) is 0 Å². The smallest absolute Gasteiger partial charge is 0.0561 e. The highest BCUT2D eigenvalue weighted by Gasteiger charge is 2.56. The van der Waals surface area contributed by atoms with E-state index in [0.717, 1.165) is 34.6 Å². The first kappa shape index (κ1) is 34.7. The predicted molar refractivity (Wildman–Crippen MR) is 256 cm³/mol. The lowest BCUT2D eigenvalue weighted by atomic mass is 9.66. The first-order valence-corrected chi connectivity index (χ1v) is 22.0. The first-order valence-electron chi connectivity index (χ1n) is 22.0. The topological polar surface area (TPSA) is 8.17 Å². The third-order valence-electron chi connectivity index (χ3n) is 14.7. The molecule has 2 bridgehead atoms. The lowest BCUT2D eigenvalue weighted by Gasteiger charge is -2.36. The Morgan fingerprint density at radius 2 is 1.10 bits per heavy atom. The number of hydrogen-bond donors (Lipinski definition) is 0. The molecule has 0 N–H and O–H groups in total. The summed E-state index contributed by atoms with van der Waals surface area (Å²) in [7, 11) is 0. The van der Waals surface area contributed by atoms with Gasteiger partial charge in [-0.2, -0.15) is 0 Å². The SMILES string of the molecule is c1ccc(-c2ccccc2N(c2ccc3c4ccccc4n(-c4ccccc4)c3c2)c2ccc(-c3ccc4c(c3)[C@]3(CC5CCC3C5)c3ccccc3-4)c3ccccc23)cc1. The summed E-state index contributed by atoms with van der Waals surface area (Å²) in [6, 6.07) is 77.0. The molecule has 61 heavy (non-hydrogen) atoms. The molecule has 2 nitrogen and oxygen atoms in total. The molecule has 0 saturated heterocycles. The maximum Gasteiger partial charge on any atom is 0.0561 e. The van der Waals surface area contributed by atoms with Crippen LogP contribution < -0.4 is 4.90 Å². The van der Waals surface area contributed by atoms with Crippen LogP contribution >= 0.6 is 0 Å². The molecule has 10 aromatic rings. The fourth-order valence-corrected chi connectivity index (χ4v) is 12.2. The fraction of sp³-hybridized carbons (Fsp3) is 0.119. The van der Waals surface area contributed by atoms with E-state index in [-0.39, 0.29) is 5.41 Å². The molecule has 2 saturated carbocycles. The lowest BCUT2D eigenvalue weighted by Crippen LogP contribution is -2.31. The van der Waals surface area contributed by atoms with Crippen molar-refractivity contribution in [1.29, 1.82) is 0 Å². The number of aromatic nitrogens is 1. The molecule has 3 atom stereocenters. The van der Waals surface area contributed by atoms with Gasteiger partial charge in [-0.1, -0.05) is 164 Å². The molecule has 2 fully saturated rings. The lowest BCUT2D eigenvalue weighted by molar-refractivity contribution is 0.327. The van der Waals surface area contributed by atoms with E-state index >= 15 is 0 Å². The van der Waals surface area contributed by atoms with Crippen LogP contribution in [-0.2, 0) is 5.41 Å². The van der Waals surface area contributed by atoms with Crippen molar-refractivity contribution < 1.29 is 0 Å². The van der Waals surface area contributed by atoms with Crippen LogP contribution in [0.25, 0.3) is 71.6 Å². The Morgan fingerprint density at radius 3 is 1.92 bits per heavy atom. The number of hydrogen-bond acceptors (Lipinski definition) is 1. The van der Waals surface area contributed by atoms with Crippen molar-refractivity contribution in [2.45, 2.75) is 31.1 Å². The van der Waals surface area contributed by atoms with Crippen LogP contribution in [0.1, 0.15) is 36.8 Å². The van der Waals surface area contributed by atoms with Crippen molar-refractivity contribution in [3.05, 3.63) is 217 Å². The molecular weight excluding hydrogens is 737 g/mol. The first-order chi connectivity index (χ1) is 30.2. The zero-order valence-corrected chi connectivity index (χ0v) is 34.0. The summed E-state index contributed by atoms with van der Waals surface area (Å²) in [6.45, 7) is 0. The van der Waals surface area contributed by atoms with Crippen LogP contribution in [0, 0.1) is 11.8 Å². The second kappa shape index (κ2) is 13.4. The fourth-order valence-electron chi connectivity index (χ4n) is 12.2. The predicted octanol–water partition coefficient (Wildman–Crippen LogP) is 15.8. The minimum atomic E-state index is 0.138. The zero-order chi connectivity index (χ0) is 40.1. The van der Waals surface area contributed by atoms with Crippen molar-refractivity contribution in [2.75, 3.05) is 4.90 Å². The molecule has 290 valence electrons. The van der Waals surface area contributed by atoms with Crippen molar-refractivity contribution in [3.8, 4) is 39.1 Å². The minimum Gasteiger partial charge on any atom is -0.309 e. The van der Waals surface area contributed by atoms with Crippen LogP contribution in [0.15, 0.2) is 206 Å². The summed E-state index contributed by atoms with van der Waals surface area (Å²) in [4.78, 5) is 2.50. The van der Waals surface area contributed by atoms with E-state index in [1.165, 1.54) is 91.6 Å². The van der Waals surface area contributed by atoms with Gasteiger partial charge in [0.2, 0.25) is 0 Å². The highest BCUT2D eigenvalue weighted by atomic mass is 15.1. The second-order valence-corrected chi connectivity index (χ2v) is 17.6. The van der Waals surface area contributed by atoms with E-state index in [9.17, 15) is 0 Å². The van der Waals surface area contributed by atoms with Gasteiger partial charge in [-0.3, -0.25) is 0 Å². The van der Waals surface area contributed by atoms with Gasteiger partial charge in [0, 0.05) is 38.5 Å². The Bertz CT molecular complexity index is 3340. The van der Waals surface area contributed by atoms with Gasteiger partial charge < -0.3 is 9.47 Å². The number of fused-ring (bicyclic) bond motifs is 12. The van der Waals surface area contributed by atoms with E-state index in [1.54, 1.807) is 11.1 Å². The third-order valence-corrected chi connectivity index (χ3v) is 14.7. The number of rotatable bonds is 6. The van der Waals surface area contributed by atoms with Crippen LogP contribution in [0.3, 0.4) is 0 Å². The normalized spacial score (nSPS) is 18.6. The molecule has 9 aromatic carbocycles. The molecule has 3 aliphatic rings. The molecule has 2 heteroatoms. The highest BCUT2D eigenvalue weighted by Crippen LogP contribution is 2.66. The Morgan fingerprint density at radius 1 is 0.426 bits per heavy atom. The maximum absolute atomic E-state index is 2.59. The van der Waals surface area contributed by atoms with E-state index in [0.29, 0.717) is 0 Å². The summed E-state index contributed by atoms with van der Waals surface area (Å²) in [5, 5.41) is 4.99. The zero-order valence-electron chi connectivity index (χ0n) is 34.0. The maximum atomic E-state index is 2.59. The Balaban J connectivity index is 1.04. The van der Waals surface area contributed by atoms with Crippen LogP contribution in [0.4, 0.5) is 17.1 Å². The van der Waals surface area contributed by atoms with Crippen LogP contribution in [0.2, 0.25) is 0 Å². The molecule has 3 aliphatic carbocycles. The molecule has 0 radical (unpaired) electrons. The molecular formula is C59H44N2. The molecule has 2 unspecified atom stereocenters. The Labute approximate surface area is 357 Å². The molecule has 1 spiro atoms. The molecule has 1 heterocycles. The van der Waals surface area contributed by atoms with E-state index < -0.39 is 0 Å². The number of benzene rings is 9. The van der Waals surface area contributed by atoms with Crippen molar-refractivity contribution in [3.63, 3.8) is 0 Å². The van der Waals surface area contributed by atoms with Gasteiger partial charge in [-0.25, -0.2) is 0 Å². The highest BCUT2D eigenvalue weighted by molar-refractivity contribution is 6.12. The van der Waals surface area contributed by atoms with Gasteiger partial charge in [0.05, 0.1) is 22.4 Å². The summed E-state index contributed by atoms with van der Waals surface area (Å²) >= 11 is 0. The number of nitrogens with zero attached hydrogens (tertiary/aromatic N) is 2. The molecule has 1 aromatic heterocycles. The number of para-hydroxylation sites is 3. The average Bonchev–Trinajstić information content (AvgIpc) is 4.10. The summed E-state index contributed by atoms with van der Waals surface area (Å²) in [5.41, 5.74) is 18.1. The van der Waals surface area contributed by atoms with E-state index in [2.05, 4.69) is 216 Å². The van der Waals surface area contributed by atoms with E-state index in [4.69, 9.17) is 0 Å². The van der Waals surface area contributed by atoms with Crippen LogP contribution in [0.5, 0.6) is 0 Å². The third kappa shape index (κ3) is 5.09. The second-order valence-electron chi connectivity index (χ2n) is 17.6. The van der Waals surface area contributed by atoms with Crippen LogP contribution in [-0.4, -0.2) is 4.57 Å². The molecule has 0 amide bonds. The summed E-state index contributed by atoms with van der Waals surface area (Å²) in [5.74, 6) is 1.57. The Hall–Kier alpha value is -7.16. The van der Waals surface area contributed by atoms with Gasteiger partial charge in [-0.05, 0) is 124 Å². The van der Waals surface area contributed by atoms with Crippen molar-refractivity contribution >= 4 is 49.6 Å². The quantitative estimate of drug-likeness (QED) is 0.163. The van der Waals surface area contributed by atoms with Gasteiger partial charge >= 0.3 is 0 Å². The molecule has 13 rings (SSSR count). The standard InChI is InChI=1S/C59H44N2/c1-3-15-40(16-4-1)46-19-10-13-25-55(46)61(44-30-32-52-51-23-11-14-26-56(51)60(58(52)37-44)43-17-5-2-6-18-43)57-34-33-45(47-20-7-8-22-50(47)57)41-28-31-49-48-21-9-12-24-53(48)59(54(49)36-41)38-39-27-29-42(59)35-39/h1-26,28,30-34,36-37,39,42H,27,29,35,38H2/t39?,42?,59-/m0/s1. The summed E-state index contributed by atoms with van der Waals surface area (Å²) in [6.07, 6.45) is 5.39. The molecule has 0 aliphatic heterocycles. The van der Waals surface area contributed by atoms with Crippen molar-refractivity contribution in [1.82, 2.24) is 4.57 Å². The van der Waals surface area contributed by atoms with Gasteiger partial charge in [0.25, 0.3) is 0 Å². The number of anilines is 3. The van der Waals surface area contributed by atoms with Crippen molar-refractivity contribution in [2.24, 2.45) is 11.8 Å².